The second-order valence-electron chi connectivity index (χ2n) is 21.6. The van der Waals surface area contributed by atoms with Crippen LogP contribution in [0.2, 0.25) is 0 Å². The summed E-state index contributed by atoms with van der Waals surface area (Å²) in [6.07, 6.45) is 19.0. The standard InChI is InChI=1S/C19H22N4S.C19H20N4S.C14H15N3O2.C8H6N2O2.C6H7NS2.HI/c2*1-23-8-6-13(7-9-23)16-12-21-17-11-14(4-5-15(16)17)22-19(20)18-3-2-10-24-18;1-16-6-4-10(5-7-16)13-9-15-14-8-11(17(18)19)2-3-12(13)14;11-10(12)7-2-1-6-3-4-9-8(6)5-7;1-8-6(7)5-3-2-4-9-5;/h2-5,10-13,21H,6-9H2,1H3,(H2,20,22);2-6,10-12,21H,7-9H2,1H3,(H2,20,22);2-4,8-9,15H,5-7H2,1H3;1-5,9H;2-4,7H,1H3;1H. The van der Waals surface area contributed by atoms with E-state index < -0.39 is 4.92 Å². The van der Waals surface area contributed by atoms with Crippen molar-refractivity contribution in [2.24, 2.45) is 21.5 Å². The second-order valence-corrected chi connectivity index (χ2v) is 25.3. The Bertz CT molecular complexity index is 4300. The molecule has 7 aromatic heterocycles. The SMILES string of the molecule is CN1CC=C(c2c[nH]c3cc(N=C(N)c4cccs4)ccc23)CC1.CN1CC=C(c2c[nH]c3cc([N+](=O)[O-])ccc23)CC1.CN1CCC(c2c[nH]c3cc(N=C(N)c4cccs4)ccc23)CC1.CSC(=N)c1cccs1.I.O=[N+]([O-])c1ccc2cc[nH]c2c1. The molecular weight excluding hydrogens is 1310 g/mol. The van der Waals surface area contributed by atoms with E-state index in [1.807, 2.05) is 83.2 Å². The molecule has 0 spiro atoms. The van der Waals surface area contributed by atoms with E-state index in [1.165, 1.54) is 82.9 Å². The van der Waals surface area contributed by atoms with E-state index in [1.54, 1.807) is 58.4 Å². The van der Waals surface area contributed by atoms with Crippen LogP contribution in [0, 0.1) is 25.6 Å². The van der Waals surface area contributed by atoms with E-state index in [0.717, 1.165) is 103 Å². The highest BCUT2D eigenvalue weighted by molar-refractivity contribution is 14.0. The first-order chi connectivity index (χ1) is 42.7. The van der Waals surface area contributed by atoms with E-state index in [-0.39, 0.29) is 40.3 Å². The molecule has 23 heteroatoms. The normalized spacial score (nSPS) is 15.1. The Labute approximate surface area is 549 Å². The fraction of sp³-hybridized carbons (Fsp3) is 0.227. The summed E-state index contributed by atoms with van der Waals surface area (Å²) in [6, 6.07) is 36.1. The minimum atomic E-state index is -0.402. The van der Waals surface area contributed by atoms with Gasteiger partial charge < -0.3 is 46.1 Å². The average Bonchev–Trinajstić information content (AvgIpc) is 2.25. The molecule has 0 atom stereocenters. The Morgan fingerprint density at radius 2 is 1.06 bits per heavy atom. The minimum absolute atomic E-state index is 0. The van der Waals surface area contributed by atoms with Gasteiger partial charge in [-0.05, 0) is 171 Å². The third-order valence-corrected chi connectivity index (χ3v) is 19.1. The van der Waals surface area contributed by atoms with Gasteiger partial charge in [0.05, 0.1) is 46.9 Å². The van der Waals surface area contributed by atoms with Crippen LogP contribution in [-0.4, -0.2) is 128 Å². The summed E-state index contributed by atoms with van der Waals surface area (Å²) >= 11 is 6.30. The van der Waals surface area contributed by atoms with E-state index in [2.05, 4.69) is 121 Å². The predicted octanol–water partition coefficient (Wildman–Crippen LogP) is 16.0. The number of nitro groups is 2. The second kappa shape index (κ2) is 30.9. The third kappa shape index (κ3) is 16.8. The first-order valence-corrected chi connectivity index (χ1v) is 32.6. The van der Waals surface area contributed by atoms with Gasteiger partial charge in [0.1, 0.15) is 16.7 Å². The maximum Gasteiger partial charge on any atom is 0.271 e. The van der Waals surface area contributed by atoms with Crippen LogP contribution in [0.1, 0.15) is 62.9 Å². The molecule has 18 nitrogen and oxygen atoms in total. The number of benzene rings is 4. The Morgan fingerprint density at radius 1 is 0.584 bits per heavy atom. The van der Waals surface area contributed by atoms with Gasteiger partial charge in [-0.1, -0.05) is 42.5 Å². The Morgan fingerprint density at radius 3 is 1.55 bits per heavy atom. The zero-order chi connectivity index (χ0) is 61.7. The highest BCUT2D eigenvalue weighted by Gasteiger charge is 2.22. The van der Waals surface area contributed by atoms with Crippen molar-refractivity contribution >= 4 is 164 Å². The minimum Gasteiger partial charge on any atom is -0.383 e. The molecule has 10 heterocycles. The van der Waals surface area contributed by atoms with Gasteiger partial charge in [0.15, 0.2) is 0 Å². The molecule has 0 amide bonds. The number of hydrogen-bond acceptors (Lipinski definition) is 14. The van der Waals surface area contributed by atoms with Crippen molar-refractivity contribution in [2.45, 2.75) is 31.6 Å². The maximum atomic E-state index is 10.8. The number of rotatable bonds is 10. The highest BCUT2D eigenvalue weighted by atomic mass is 127. The van der Waals surface area contributed by atoms with Crippen LogP contribution in [0.3, 0.4) is 0 Å². The number of H-pyrrole nitrogens is 4. The summed E-state index contributed by atoms with van der Waals surface area (Å²) in [7, 11) is 6.46. The number of halogens is 1. The number of aromatic amines is 4. The number of likely N-dealkylation sites (tertiary alicyclic amines) is 1. The van der Waals surface area contributed by atoms with Gasteiger partial charge in [0.2, 0.25) is 0 Å². The lowest BCUT2D eigenvalue weighted by Crippen LogP contribution is -2.29. The van der Waals surface area contributed by atoms with E-state index >= 15 is 0 Å². The van der Waals surface area contributed by atoms with Crippen LogP contribution in [0.25, 0.3) is 54.8 Å². The maximum absolute atomic E-state index is 10.8. The van der Waals surface area contributed by atoms with E-state index in [9.17, 15) is 20.2 Å². The summed E-state index contributed by atoms with van der Waals surface area (Å²) in [4.78, 5) is 52.4. The molecule has 1 saturated heterocycles. The lowest BCUT2D eigenvalue weighted by Gasteiger charge is -2.28. The number of aliphatic imine (C=N–C) groups is 2. The molecule has 460 valence electrons. The summed E-state index contributed by atoms with van der Waals surface area (Å²) in [5.74, 6) is 1.79. The van der Waals surface area contributed by atoms with Crippen molar-refractivity contribution < 1.29 is 9.85 Å². The quantitative estimate of drug-likeness (QED) is 0.0224. The third-order valence-electron chi connectivity index (χ3n) is 15.7. The van der Waals surface area contributed by atoms with Gasteiger partial charge in [0, 0.05) is 114 Å². The fourth-order valence-electron chi connectivity index (χ4n) is 10.7. The lowest BCUT2D eigenvalue weighted by molar-refractivity contribution is -0.384. The van der Waals surface area contributed by atoms with Crippen LogP contribution in [0.5, 0.6) is 0 Å². The molecule has 14 rings (SSSR count). The van der Waals surface area contributed by atoms with Gasteiger partial charge in [-0.2, -0.15) is 0 Å². The van der Waals surface area contributed by atoms with E-state index in [4.69, 9.17) is 16.9 Å². The molecule has 89 heavy (non-hydrogen) atoms. The number of hydrogen-bond donors (Lipinski definition) is 7. The number of amidine groups is 2. The largest absolute Gasteiger partial charge is 0.383 e. The Kier molecular flexibility index (Phi) is 22.8. The summed E-state index contributed by atoms with van der Waals surface area (Å²) in [6.45, 7) is 6.48. The number of thioether (sulfide) groups is 1. The smallest absolute Gasteiger partial charge is 0.271 e. The molecule has 0 unspecified atom stereocenters. The van der Waals surface area contributed by atoms with Crippen LogP contribution < -0.4 is 11.5 Å². The summed E-state index contributed by atoms with van der Waals surface area (Å²) in [5.41, 5.74) is 24.7. The first kappa shape index (κ1) is 65.4. The number of piperidine rings is 1. The molecular formula is C66H71IN14O4S4. The van der Waals surface area contributed by atoms with Gasteiger partial charge in [-0.25, -0.2) is 9.98 Å². The van der Waals surface area contributed by atoms with Crippen LogP contribution in [0.4, 0.5) is 22.7 Å². The molecule has 3 aliphatic rings. The van der Waals surface area contributed by atoms with Crippen LogP contribution >= 0.6 is 69.7 Å². The number of nitro benzene ring substituents is 2. The zero-order valence-corrected chi connectivity index (χ0v) is 55.4. The van der Waals surface area contributed by atoms with Gasteiger partial charge in [0.25, 0.3) is 11.4 Å². The molecule has 9 N–H and O–H groups in total. The molecule has 0 bridgehead atoms. The van der Waals surface area contributed by atoms with Crippen molar-refractivity contribution in [1.29, 1.82) is 5.41 Å². The average molecular weight is 1380 g/mol. The van der Waals surface area contributed by atoms with Gasteiger partial charge in [-0.3, -0.25) is 25.6 Å². The first-order valence-electron chi connectivity index (χ1n) is 28.7. The number of aromatic nitrogens is 4. The van der Waals surface area contributed by atoms with Crippen LogP contribution in [-0.2, 0) is 0 Å². The Hall–Kier alpha value is -8.01. The zero-order valence-electron chi connectivity index (χ0n) is 49.8. The van der Waals surface area contributed by atoms with Crippen molar-refractivity contribution in [3.8, 4) is 0 Å². The molecule has 0 radical (unpaired) electrons. The molecule has 0 saturated carbocycles. The number of thiophene rings is 3. The van der Waals surface area contributed by atoms with Gasteiger partial charge in [-0.15, -0.1) is 69.7 Å². The highest BCUT2D eigenvalue weighted by Crippen LogP contribution is 2.36. The topological polar surface area (TPSA) is 260 Å². The number of nitrogens with two attached hydrogens (primary N) is 2. The summed E-state index contributed by atoms with van der Waals surface area (Å²) in [5, 5.41) is 39.8. The predicted molar refractivity (Wildman–Crippen MR) is 386 cm³/mol. The monoisotopic (exact) mass is 1380 g/mol. The Balaban J connectivity index is 0.000000137. The molecule has 0 aliphatic carbocycles. The molecule has 4 aromatic carbocycles. The van der Waals surface area contributed by atoms with Crippen molar-refractivity contribution in [2.75, 3.05) is 66.7 Å². The number of likely N-dealkylation sites (N-methyl/N-ethyl adjacent to an activating group) is 2. The van der Waals surface area contributed by atoms with Crippen molar-refractivity contribution in [3.63, 3.8) is 0 Å². The molecule has 3 aliphatic heterocycles. The lowest BCUT2D eigenvalue weighted by atomic mass is 9.89. The van der Waals surface area contributed by atoms with Crippen molar-refractivity contribution in [3.05, 3.63) is 220 Å². The number of non-ortho nitro benzene ring substituents is 2. The fourth-order valence-corrected chi connectivity index (χ4v) is 13.2. The van der Waals surface area contributed by atoms with Gasteiger partial charge >= 0.3 is 0 Å². The number of nitrogens with zero attached hydrogens (tertiary/aromatic N) is 7. The van der Waals surface area contributed by atoms with Crippen LogP contribution in [0.15, 0.2) is 178 Å². The molecule has 11 aromatic rings. The summed E-state index contributed by atoms with van der Waals surface area (Å²) < 4.78 is 0. The van der Waals surface area contributed by atoms with Crippen molar-refractivity contribution in [1.82, 2.24) is 34.6 Å². The number of nitrogens with one attached hydrogen (secondary N) is 5. The number of fused-ring (bicyclic) bond motifs is 4. The molecule has 1 fully saturated rings. The van der Waals surface area contributed by atoms with E-state index in [0.29, 0.717) is 22.6 Å².